The molecule has 0 aliphatic carbocycles. The second kappa shape index (κ2) is 7.75. The number of H-pyrrole nitrogens is 1. The van der Waals surface area contributed by atoms with Crippen LogP contribution in [0.3, 0.4) is 0 Å². The maximum Gasteiger partial charge on any atom is 0.0565 e. The molecule has 0 fully saturated rings. The molecule has 0 unspecified atom stereocenters. The summed E-state index contributed by atoms with van der Waals surface area (Å²) in [6.45, 7) is 0. The van der Waals surface area contributed by atoms with Crippen molar-refractivity contribution in [3.63, 3.8) is 0 Å². The van der Waals surface area contributed by atoms with E-state index in [-0.39, 0.29) is 0 Å². The second-order valence-electron chi connectivity index (χ2n) is 11.0. The lowest BCUT2D eigenvalue weighted by Crippen LogP contribution is -1.94. The molecule has 2 nitrogen and oxygen atoms in total. The first kappa shape index (κ1) is 21.7. The van der Waals surface area contributed by atoms with Gasteiger partial charge in [-0.2, -0.15) is 0 Å². The smallest absolute Gasteiger partial charge is 0.0565 e. The van der Waals surface area contributed by atoms with Gasteiger partial charge in [0, 0.05) is 58.0 Å². The summed E-state index contributed by atoms with van der Waals surface area (Å²) in [7, 11) is 0. The zero-order chi connectivity index (χ0) is 26.7. The Hall–Kier alpha value is -5.12. The van der Waals surface area contributed by atoms with E-state index in [4.69, 9.17) is 0 Å². The van der Waals surface area contributed by atoms with Gasteiger partial charge < -0.3 is 9.55 Å². The Morgan fingerprint density at radius 3 is 2.10 bits per heavy atom. The molecular weight excluding hydrogens is 516 g/mol. The van der Waals surface area contributed by atoms with Gasteiger partial charge in [-0.15, -0.1) is 11.3 Å². The fourth-order valence-electron chi connectivity index (χ4n) is 7.17. The van der Waals surface area contributed by atoms with E-state index < -0.39 is 0 Å². The Morgan fingerprint density at radius 1 is 0.488 bits per heavy atom. The predicted octanol–water partition coefficient (Wildman–Crippen LogP) is 11.1. The highest BCUT2D eigenvalue weighted by molar-refractivity contribution is 7.27. The summed E-state index contributed by atoms with van der Waals surface area (Å²) >= 11 is 1.91. The van der Waals surface area contributed by atoms with Crippen LogP contribution in [-0.2, 0) is 0 Å². The number of hydrogen-bond donors (Lipinski definition) is 1. The molecule has 3 heterocycles. The molecule has 0 amide bonds. The fraction of sp³-hybridized carbons (Fsp3) is 0. The van der Waals surface area contributed by atoms with Crippen molar-refractivity contribution in [1.82, 2.24) is 9.55 Å². The lowest BCUT2D eigenvalue weighted by molar-refractivity contribution is 1.20. The van der Waals surface area contributed by atoms with E-state index in [0.29, 0.717) is 0 Å². The average molecular weight is 539 g/mol. The Kier molecular flexibility index (Phi) is 4.10. The first-order valence-corrected chi connectivity index (χ1v) is 14.9. The molecule has 10 rings (SSSR count). The number of thiophene rings is 1. The average Bonchev–Trinajstić information content (AvgIpc) is 3.69. The van der Waals surface area contributed by atoms with Crippen LogP contribution >= 0.6 is 11.3 Å². The van der Waals surface area contributed by atoms with E-state index in [1.807, 2.05) is 11.3 Å². The molecule has 3 aromatic heterocycles. The van der Waals surface area contributed by atoms with E-state index in [0.717, 1.165) is 0 Å². The molecule has 10 aromatic rings. The van der Waals surface area contributed by atoms with Crippen molar-refractivity contribution in [1.29, 1.82) is 0 Å². The third-order valence-corrected chi connectivity index (χ3v) is 10.1. The van der Waals surface area contributed by atoms with Gasteiger partial charge in [-0.1, -0.05) is 97.1 Å². The van der Waals surface area contributed by atoms with Crippen LogP contribution in [0.2, 0.25) is 0 Å². The molecule has 0 saturated heterocycles. The summed E-state index contributed by atoms with van der Waals surface area (Å²) in [6, 6.07) is 46.7. The van der Waals surface area contributed by atoms with Crippen LogP contribution < -0.4 is 0 Å². The maximum atomic E-state index is 3.83. The standard InChI is InChI=1S/C38H22N2S/c1-2-12-23-22(10-1)11-9-19-31(23)40-32-18-8-6-13-24(32)28-20-29-34(21-33(28)40)41-38-26-15-4-3-14-25(26)35-27-16-5-7-17-30(27)39-37(35)36(29)38/h1-21,39H. The van der Waals surface area contributed by atoms with Gasteiger partial charge in [0.15, 0.2) is 0 Å². The van der Waals surface area contributed by atoms with Crippen molar-refractivity contribution >= 4 is 96.7 Å². The number of nitrogens with one attached hydrogen (secondary N) is 1. The van der Waals surface area contributed by atoms with Crippen LogP contribution in [0.4, 0.5) is 0 Å². The van der Waals surface area contributed by atoms with Crippen molar-refractivity contribution in [3.8, 4) is 5.69 Å². The van der Waals surface area contributed by atoms with Crippen molar-refractivity contribution in [3.05, 3.63) is 127 Å². The summed E-state index contributed by atoms with van der Waals surface area (Å²) in [4.78, 5) is 3.83. The van der Waals surface area contributed by atoms with Crippen molar-refractivity contribution in [2.75, 3.05) is 0 Å². The summed E-state index contributed by atoms with van der Waals surface area (Å²) in [5.41, 5.74) is 6.13. The number of nitrogens with zero attached hydrogens (tertiary/aromatic N) is 1. The molecule has 1 N–H and O–H groups in total. The molecule has 0 aliphatic heterocycles. The van der Waals surface area contributed by atoms with Gasteiger partial charge >= 0.3 is 0 Å². The first-order chi connectivity index (χ1) is 20.3. The largest absolute Gasteiger partial charge is 0.354 e. The van der Waals surface area contributed by atoms with E-state index in [2.05, 4.69) is 137 Å². The van der Waals surface area contributed by atoms with Crippen LogP contribution in [0.5, 0.6) is 0 Å². The van der Waals surface area contributed by atoms with E-state index in [1.165, 1.54) is 91.0 Å². The number of rotatable bonds is 1. The van der Waals surface area contributed by atoms with Gasteiger partial charge in [0.05, 0.1) is 22.2 Å². The molecule has 7 aromatic carbocycles. The first-order valence-electron chi connectivity index (χ1n) is 14.0. The minimum Gasteiger partial charge on any atom is -0.354 e. The molecule has 0 atom stereocenters. The maximum absolute atomic E-state index is 3.83. The highest BCUT2D eigenvalue weighted by atomic mass is 32.1. The quantitative estimate of drug-likeness (QED) is 0.215. The van der Waals surface area contributed by atoms with Gasteiger partial charge in [-0.05, 0) is 41.1 Å². The van der Waals surface area contributed by atoms with Crippen LogP contribution in [0.25, 0.3) is 91.0 Å². The Bertz CT molecular complexity index is 2700. The molecule has 3 heteroatoms. The number of fused-ring (bicyclic) bond motifs is 14. The van der Waals surface area contributed by atoms with E-state index >= 15 is 0 Å². The normalized spacial score (nSPS) is 12.4. The topological polar surface area (TPSA) is 20.7 Å². The molecule has 0 radical (unpaired) electrons. The van der Waals surface area contributed by atoms with Crippen LogP contribution in [0.1, 0.15) is 0 Å². The van der Waals surface area contributed by atoms with E-state index in [1.54, 1.807) is 0 Å². The third kappa shape index (κ3) is 2.76. The van der Waals surface area contributed by atoms with Gasteiger partial charge in [0.25, 0.3) is 0 Å². The highest BCUT2D eigenvalue weighted by Gasteiger charge is 2.20. The zero-order valence-electron chi connectivity index (χ0n) is 22.0. The SMILES string of the molecule is c1ccc2c(-n3c4ccccc4c4cc5c(cc43)sc3c4ccccc4c4c6ccccc6[nH]c4c53)cccc2c1. The van der Waals surface area contributed by atoms with Gasteiger partial charge in [-0.25, -0.2) is 0 Å². The molecule has 0 bridgehead atoms. The van der Waals surface area contributed by atoms with Crippen molar-refractivity contribution in [2.24, 2.45) is 0 Å². The van der Waals surface area contributed by atoms with Crippen LogP contribution in [0, 0.1) is 0 Å². The summed E-state index contributed by atoms with van der Waals surface area (Å²) in [5, 5.41) is 13.0. The third-order valence-electron chi connectivity index (χ3n) is 8.89. The number of aromatic amines is 1. The summed E-state index contributed by atoms with van der Waals surface area (Å²) < 4.78 is 5.13. The Labute approximate surface area is 238 Å². The van der Waals surface area contributed by atoms with Crippen molar-refractivity contribution < 1.29 is 0 Å². The highest BCUT2D eigenvalue weighted by Crippen LogP contribution is 2.47. The lowest BCUT2D eigenvalue weighted by Gasteiger charge is -2.11. The van der Waals surface area contributed by atoms with Crippen molar-refractivity contribution in [2.45, 2.75) is 0 Å². The molecule has 0 spiro atoms. The number of benzene rings is 7. The Balaban J connectivity index is 1.43. The molecule has 0 saturated carbocycles. The van der Waals surface area contributed by atoms with Gasteiger partial charge in [0.2, 0.25) is 0 Å². The second-order valence-corrected chi connectivity index (χ2v) is 12.0. The predicted molar refractivity (Wildman–Crippen MR) is 178 cm³/mol. The zero-order valence-corrected chi connectivity index (χ0v) is 22.8. The monoisotopic (exact) mass is 538 g/mol. The molecule has 41 heavy (non-hydrogen) atoms. The summed E-state index contributed by atoms with van der Waals surface area (Å²) in [5.74, 6) is 0. The fourth-order valence-corrected chi connectivity index (χ4v) is 8.43. The lowest BCUT2D eigenvalue weighted by atomic mass is 9.99. The molecule has 0 aliphatic rings. The van der Waals surface area contributed by atoms with E-state index in [9.17, 15) is 0 Å². The summed E-state index contributed by atoms with van der Waals surface area (Å²) in [6.07, 6.45) is 0. The van der Waals surface area contributed by atoms with Gasteiger partial charge in [0.1, 0.15) is 0 Å². The minimum atomic E-state index is 1.19. The molecule has 190 valence electrons. The number of hydrogen-bond acceptors (Lipinski definition) is 1. The molecular formula is C38H22N2S. The van der Waals surface area contributed by atoms with Crippen LogP contribution in [0.15, 0.2) is 127 Å². The number of aromatic nitrogens is 2. The van der Waals surface area contributed by atoms with Gasteiger partial charge in [-0.3, -0.25) is 0 Å². The van der Waals surface area contributed by atoms with Crippen LogP contribution in [-0.4, -0.2) is 9.55 Å². The minimum absolute atomic E-state index is 1.19. The Morgan fingerprint density at radius 2 is 1.20 bits per heavy atom. The number of para-hydroxylation sites is 2.